The summed E-state index contributed by atoms with van der Waals surface area (Å²) in [5, 5.41) is 11.3. The number of furan rings is 1. The van der Waals surface area contributed by atoms with Crippen molar-refractivity contribution < 1.29 is 19.1 Å². The van der Waals surface area contributed by atoms with Crippen LogP contribution in [0.15, 0.2) is 10.5 Å². The maximum Gasteiger partial charge on any atom is 0.308 e. The molecule has 5 nitrogen and oxygen atoms in total. The van der Waals surface area contributed by atoms with Gasteiger partial charge in [-0.1, -0.05) is 20.8 Å². The van der Waals surface area contributed by atoms with E-state index in [1.54, 1.807) is 19.9 Å². The van der Waals surface area contributed by atoms with Crippen LogP contribution in [-0.2, 0) is 4.79 Å². The predicted molar refractivity (Wildman–Crippen MR) is 66.7 cm³/mol. The third-order valence-corrected chi connectivity index (χ3v) is 2.74. The van der Waals surface area contributed by atoms with Gasteiger partial charge in [0.1, 0.15) is 11.5 Å². The Balaban J connectivity index is 2.70. The number of nitrogens with one attached hydrogen (secondary N) is 1. The van der Waals surface area contributed by atoms with Crippen LogP contribution in [-0.4, -0.2) is 23.5 Å². The van der Waals surface area contributed by atoms with E-state index in [9.17, 15) is 9.59 Å². The highest BCUT2D eigenvalue weighted by atomic mass is 16.4. The normalized spacial score (nSPS) is 12.5. The van der Waals surface area contributed by atoms with Gasteiger partial charge in [-0.25, -0.2) is 0 Å². The molecule has 18 heavy (non-hydrogen) atoms. The Morgan fingerprint density at radius 2 is 2.00 bits per heavy atom. The summed E-state index contributed by atoms with van der Waals surface area (Å²) in [5.74, 6) is -0.310. The number of hydrogen-bond acceptors (Lipinski definition) is 3. The Kier molecular flexibility index (Phi) is 4.53. The molecule has 1 unspecified atom stereocenters. The van der Waals surface area contributed by atoms with Crippen molar-refractivity contribution >= 4 is 11.9 Å². The molecule has 0 aliphatic heterocycles. The van der Waals surface area contributed by atoms with Crippen LogP contribution in [0, 0.1) is 12.8 Å². The predicted octanol–water partition coefficient (Wildman–Crippen LogP) is 2.16. The zero-order chi connectivity index (χ0) is 13.9. The van der Waals surface area contributed by atoms with Crippen LogP contribution < -0.4 is 5.32 Å². The van der Waals surface area contributed by atoms with E-state index in [0.29, 0.717) is 11.3 Å². The van der Waals surface area contributed by atoms with Crippen molar-refractivity contribution in [1.29, 1.82) is 0 Å². The lowest BCUT2D eigenvalue weighted by atomic mass is 10.1. The first-order chi connectivity index (χ1) is 8.32. The average molecular weight is 253 g/mol. The topological polar surface area (TPSA) is 79.5 Å². The standard InChI is InChI=1S/C13H19NO4/c1-7(2)11-5-10(9(4)18-11)12(15)14-6-8(3)13(16)17/h5,7-8H,6H2,1-4H3,(H,14,15)(H,16,17). The molecule has 1 aromatic rings. The fraction of sp³-hybridized carbons (Fsp3) is 0.538. The molecule has 1 aromatic heterocycles. The molecule has 100 valence electrons. The SMILES string of the molecule is Cc1oc(C(C)C)cc1C(=O)NCC(C)C(=O)O. The Morgan fingerprint density at radius 1 is 1.39 bits per heavy atom. The van der Waals surface area contributed by atoms with Crippen molar-refractivity contribution in [3.63, 3.8) is 0 Å². The van der Waals surface area contributed by atoms with Gasteiger partial charge in [0, 0.05) is 12.5 Å². The van der Waals surface area contributed by atoms with Gasteiger partial charge in [-0.3, -0.25) is 9.59 Å². The number of aliphatic carboxylic acids is 1. The molecule has 0 aromatic carbocycles. The second-order valence-electron chi connectivity index (χ2n) is 4.72. The summed E-state index contributed by atoms with van der Waals surface area (Å²) >= 11 is 0. The molecule has 1 heterocycles. The van der Waals surface area contributed by atoms with E-state index in [1.165, 1.54) is 0 Å². The molecule has 1 amide bonds. The van der Waals surface area contributed by atoms with Crippen molar-refractivity contribution in [3.8, 4) is 0 Å². The number of amides is 1. The molecular formula is C13H19NO4. The van der Waals surface area contributed by atoms with Gasteiger partial charge in [-0.2, -0.15) is 0 Å². The van der Waals surface area contributed by atoms with Gasteiger partial charge in [-0.15, -0.1) is 0 Å². The Morgan fingerprint density at radius 3 is 2.44 bits per heavy atom. The van der Waals surface area contributed by atoms with Crippen LogP contribution in [0.1, 0.15) is 48.6 Å². The van der Waals surface area contributed by atoms with E-state index in [2.05, 4.69) is 5.32 Å². The van der Waals surface area contributed by atoms with Crippen LogP contribution in [0.5, 0.6) is 0 Å². The lowest BCUT2D eigenvalue weighted by Gasteiger charge is -2.07. The molecular weight excluding hydrogens is 234 g/mol. The summed E-state index contributed by atoms with van der Waals surface area (Å²) in [4.78, 5) is 22.5. The van der Waals surface area contributed by atoms with Gasteiger partial charge in [0.2, 0.25) is 0 Å². The maximum absolute atomic E-state index is 11.9. The second-order valence-corrected chi connectivity index (χ2v) is 4.72. The Hall–Kier alpha value is -1.78. The van der Waals surface area contributed by atoms with Crippen molar-refractivity contribution in [1.82, 2.24) is 5.32 Å². The zero-order valence-electron chi connectivity index (χ0n) is 11.1. The minimum atomic E-state index is -0.929. The van der Waals surface area contributed by atoms with E-state index < -0.39 is 11.9 Å². The van der Waals surface area contributed by atoms with Gasteiger partial charge in [0.15, 0.2) is 0 Å². The van der Waals surface area contributed by atoms with E-state index in [1.807, 2.05) is 13.8 Å². The molecule has 0 bridgehead atoms. The molecule has 0 spiro atoms. The third-order valence-electron chi connectivity index (χ3n) is 2.74. The lowest BCUT2D eigenvalue weighted by Crippen LogP contribution is -2.31. The van der Waals surface area contributed by atoms with Crippen molar-refractivity contribution in [3.05, 3.63) is 23.2 Å². The first-order valence-corrected chi connectivity index (χ1v) is 5.94. The first-order valence-electron chi connectivity index (χ1n) is 5.94. The zero-order valence-corrected chi connectivity index (χ0v) is 11.1. The van der Waals surface area contributed by atoms with E-state index in [-0.39, 0.29) is 18.4 Å². The minimum absolute atomic E-state index is 0.107. The van der Waals surface area contributed by atoms with Gasteiger partial charge < -0.3 is 14.8 Å². The summed E-state index contributed by atoms with van der Waals surface area (Å²) in [6, 6.07) is 1.71. The van der Waals surface area contributed by atoms with E-state index in [0.717, 1.165) is 5.76 Å². The number of rotatable bonds is 5. The fourth-order valence-corrected chi connectivity index (χ4v) is 1.44. The average Bonchev–Trinajstić information content (AvgIpc) is 2.67. The van der Waals surface area contributed by atoms with E-state index >= 15 is 0 Å². The number of carboxylic acid groups (broad SMARTS) is 1. The highest BCUT2D eigenvalue weighted by molar-refractivity contribution is 5.95. The molecule has 0 radical (unpaired) electrons. The highest BCUT2D eigenvalue weighted by Gasteiger charge is 2.18. The molecule has 0 fully saturated rings. The molecule has 1 atom stereocenters. The fourth-order valence-electron chi connectivity index (χ4n) is 1.44. The second kappa shape index (κ2) is 5.71. The van der Waals surface area contributed by atoms with Crippen LogP contribution in [0.25, 0.3) is 0 Å². The van der Waals surface area contributed by atoms with Crippen molar-refractivity contribution in [2.45, 2.75) is 33.6 Å². The van der Waals surface area contributed by atoms with Gasteiger partial charge >= 0.3 is 5.97 Å². The summed E-state index contributed by atoms with van der Waals surface area (Å²) in [7, 11) is 0. The molecule has 5 heteroatoms. The Labute approximate surface area is 106 Å². The number of carboxylic acids is 1. The quantitative estimate of drug-likeness (QED) is 0.842. The molecule has 0 aliphatic rings. The van der Waals surface area contributed by atoms with Gasteiger partial charge in [0.25, 0.3) is 5.91 Å². The van der Waals surface area contributed by atoms with Gasteiger partial charge in [0.05, 0.1) is 11.5 Å². The molecule has 2 N–H and O–H groups in total. The summed E-state index contributed by atoms with van der Waals surface area (Å²) in [6.07, 6.45) is 0. The van der Waals surface area contributed by atoms with Gasteiger partial charge in [-0.05, 0) is 13.0 Å². The van der Waals surface area contributed by atoms with Crippen LogP contribution in [0.4, 0.5) is 0 Å². The first kappa shape index (κ1) is 14.3. The molecule has 0 saturated carbocycles. The number of aryl methyl sites for hydroxylation is 1. The molecule has 1 rings (SSSR count). The van der Waals surface area contributed by atoms with Crippen molar-refractivity contribution in [2.24, 2.45) is 5.92 Å². The largest absolute Gasteiger partial charge is 0.481 e. The molecule has 0 aliphatic carbocycles. The number of carbonyl (C=O) groups is 2. The lowest BCUT2D eigenvalue weighted by molar-refractivity contribution is -0.140. The minimum Gasteiger partial charge on any atom is -0.481 e. The summed E-state index contributed by atoms with van der Waals surface area (Å²) < 4.78 is 5.47. The van der Waals surface area contributed by atoms with Crippen LogP contribution in [0.2, 0.25) is 0 Å². The number of hydrogen-bond donors (Lipinski definition) is 2. The van der Waals surface area contributed by atoms with Crippen molar-refractivity contribution in [2.75, 3.05) is 6.54 Å². The Bertz CT molecular complexity index is 448. The third kappa shape index (κ3) is 3.35. The van der Waals surface area contributed by atoms with Crippen LogP contribution >= 0.6 is 0 Å². The maximum atomic E-state index is 11.9. The van der Waals surface area contributed by atoms with E-state index in [4.69, 9.17) is 9.52 Å². The smallest absolute Gasteiger partial charge is 0.308 e. The molecule has 0 saturated heterocycles. The monoisotopic (exact) mass is 253 g/mol. The summed E-state index contributed by atoms with van der Waals surface area (Å²) in [6.45, 7) is 7.33. The van der Waals surface area contributed by atoms with Crippen LogP contribution in [0.3, 0.4) is 0 Å². The summed E-state index contributed by atoms with van der Waals surface area (Å²) in [5.41, 5.74) is 0.469. The highest BCUT2D eigenvalue weighted by Crippen LogP contribution is 2.21. The number of carbonyl (C=O) groups excluding carboxylic acids is 1.